The Bertz CT molecular complexity index is 458. The van der Waals surface area contributed by atoms with Gasteiger partial charge in [0.15, 0.2) is 0 Å². The summed E-state index contributed by atoms with van der Waals surface area (Å²) in [5.41, 5.74) is 1.01. The largest absolute Gasteiger partial charge is 0.466 e. The van der Waals surface area contributed by atoms with Gasteiger partial charge in [-0.25, -0.2) is 0 Å². The third-order valence-electron chi connectivity index (χ3n) is 3.59. The van der Waals surface area contributed by atoms with Gasteiger partial charge in [0, 0.05) is 13.1 Å². The molecule has 1 atom stereocenters. The zero-order valence-electron chi connectivity index (χ0n) is 11.9. The van der Waals surface area contributed by atoms with Crippen LogP contribution in [0.25, 0.3) is 0 Å². The van der Waals surface area contributed by atoms with Crippen molar-refractivity contribution < 1.29 is 14.3 Å². The number of likely N-dealkylation sites (tertiary alicyclic amines) is 1. The van der Waals surface area contributed by atoms with Crippen molar-refractivity contribution in [1.29, 1.82) is 0 Å². The third-order valence-corrected chi connectivity index (χ3v) is 3.59. The normalized spacial score (nSPS) is 18.6. The smallest absolute Gasteiger partial charge is 0.310 e. The fraction of sp³-hybridized carbons (Fsp3) is 0.500. The lowest BCUT2D eigenvalue weighted by Gasteiger charge is -2.31. The number of hydrogen-bond donors (Lipinski definition) is 0. The van der Waals surface area contributed by atoms with Crippen molar-refractivity contribution in [2.75, 3.05) is 19.7 Å². The highest BCUT2D eigenvalue weighted by atomic mass is 16.5. The van der Waals surface area contributed by atoms with E-state index in [1.54, 1.807) is 11.8 Å². The standard InChI is InChI=1S/C16H21NO3/c1-2-20-16(19)14-9-6-10-17(12-14)15(18)11-13-7-4-3-5-8-13/h3-5,7-8,14H,2,6,9-12H2,1H3/t14-/m0/s1. The summed E-state index contributed by atoms with van der Waals surface area (Å²) in [6.45, 7) is 3.43. The first-order valence-electron chi connectivity index (χ1n) is 7.19. The fourth-order valence-electron chi connectivity index (χ4n) is 2.54. The maximum atomic E-state index is 12.3. The van der Waals surface area contributed by atoms with E-state index in [0.717, 1.165) is 24.9 Å². The maximum Gasteiger partial charge on any atom is 0.310 e. The molecule has 1 aliphatic heterocycles. The van der Waals surface area contributed by atoms with E-state index >= 15 is 0 Å². The summed E-state index contributed by atoms with van der Waals surface area (Å²) in [7, 11) is 0. The lowest BCUT2D eigenvalue weighted by atomic mass is 9.97. The number of nitrogens with zero attached hydrogens (tertiary/aromatic N) is 1. The predicted molar refractivity (Wildman–Crippen MR) is 76.1 cm³/mol. The van der Waals surface area contributed by atoms with E-state index in [4.69, 9.17) is 4.74 Å². The molecule has 1 heterocycles. The molecule has 1 saturated heterocycles. The predicted octanol–water partition coefficient (Wildman–Crippen LogP) is 2.03. The maximum absolute atomic E-state index is 12.3. The summed E-state index contributed by atoms with van der Waals surface area (Å²) in [6.07, 6.45) is 2.08. The number of ether oxygens (including phenoxy) is 1. The highest BCUT2D eigenvalue weighted by Crippen LogP contribution is 2.19. The topological polar surface area (TPSA) is 46.6 Å². The van der Waals surface area contributed by atoms with Gasteiger partial charge in [0.25, 0.3) is 0 Å². The summed E-state index contributed by atoms with van der Waals surface area (Å²) in [5, 5.41) is 0. The minimum absolute atomic E-state index is 0.0881. The number of benzene rings is 1. The van der Waals surface area contributed by atoms with Gasteiger partial charge < -0.3 is 9.64 Å². The molecule has 0 spiro atoms. The van der Waals surface area contributed by atoms with Crippen molar-refractivity contribution >= 4 is 11.9 Å². The molecule has 1 aromatic rings. The number of rotatable bonds is 4. The first-order chi connectivity index (χ1) is 9.70. The van der Waals surface area contributed by atoms with Crippen molar-refractivity contribution in [2.24, 2.45) is 5.92 Å². The van der Waals surface area contributed by atoms with Gasteiger partial charge in [-0.3, -0.25) is 9.59 Å². The monoisotopic (exact) mass is 275 g/mol. The van der Waals surface area contributed by atoms with Gasteiger partial charge in [-0.05, 0) is 25.3 Å². The van der Waals surface area contributed by atoms with Crippen LogP contribution in [0.4, 0.5) is 0 Å². The second-order valence-corrected chi connectivity index (χ2v) is 5.09. The Morgan fingerprint density at radius 2 is 2.05 bits per heavy atom. The summed E-state index contributed by atoms with van der Waals surface area (Å²) < 4.78 is 5.05. The van der Waals surface area contributed by atoms with Crippen LogP contribution in [0.5, 0.6) is 0 Å². The van der Waals surface area contributed by atoms with Crippen LogP contribution < -0.4 is 0 Å². The molecule has 1 aliphatic rings. The van der Waals surface area contributed by atoms with Gasteiger partial charge in [0.1, 0.15) is 0 Å². The Labute approximate surface area is 119 Å². The van der Waals surface area contributed by atoms with E-state index in [1.807, 2.05) is 30.3 Å². The molecule has 0 N–H and O–H groups in total. The zero-order chi connectivity index (χ0) is 14.4. The molecule has 4 nitrogen and oxygen atoms in total. The molecule has 108 valence electrons. The number of amides is 1. The first kappa shape index (κ1) is 14.6. The van der Waals surface area contributed by atoms with Gasteiger partial charge in [0.2, 0.25) is 5.91 Å². The van der Waals surface area contributed by atoms with Crippen LogP contribution in [-0.4, -0.2) is 36.5 Å². The van der Waals surface area contributed by atoms with E-state index < -0.39 is 0 Å². The number of piperidine rings is 1. The zero-order valence-corrected chi connectivity index (χ0v) is 11.9. The molecule has 0 unspecified atom stereocenters. The Hall–Kier alpha value is -1.84. The SMILES string of the molecule is CCOC(=O)[C@H]1CCCN(C(=O)Cc2ccccc2)C1. The molecule has 0 aliphatic carbocycles. The van der Waals surface area contributed by atoms with Gasteiger partial charge in [-0.15, -0.1) is 0 Å². The third kappa shape index (κ3) is 3.83. The molecule has 1 aromatic carbocycles. The average molecular weight is 275 g/mol. The van der Waals surface area contributed by atoms with Crippen molar-refractivity contribution in [1.82, 2.24) is 4.90 Å². The van der Waals surface area contributed by atoms with Gasteiger partial charge in [-0.2, -0.15) is 0 Å². The molecule has 4 heteroatoms. The Morgan fingerprint density at radius 3 is 2.75 bits per heavy atom. The lowest BCUT2D eigenvalue weighted by Crippen LogP contribution is -2.43. The Balaban J connectivity index is 1.91. The molecule has 0 radical (unpaired) electrons. The summed E-state index contributed by atoms with van der Waals surface area (Å²) in [5.74, 6) is -0.252. The first-order valence-corrected chi connectivity index (χ1v) is 7.19. The minimum atomic E-state index is -0.176. The van der Waals surface area contributed by atoms with E-state index in [9.17, 15) is 9.59 Å². The van der Waals surface area contributed by atoms with Crippen LogP contribution >= 0.6 is 0 Å². The summed E-state index contributed by atoms with van der Waals surface area (Å²) >= 11 is 0. The van der Waals surface area contributed by atoms with Crippen molar-refractivity contribution in [3.05, 3.63) is 35.9 Å². The highest BCUT2D eigenvalue weighted by molar-refractivity contribution is 5.80. The molecule has 0 bridgehead atoms. The molecular formula is C16H21NO3. The van der Waals surface area contributed by atoms with E-state index in [2.05, 4.69) is 0 Å². The van der Waals surface area contributed by atoms with Crippen LogP contribution in [0.1, 0.15) is 25.3 Å². The number of esters is 1. The van der Waals surface area contributed by atoms with E-state index in [-0.39, 0.29) is 17.8 Å². The molecule has 20 heavy (non-hydrogen) atoms. The number of hydrogen-bond acceptors (Lipinski definition) is 3. The van der Waals surface area contributed by atoms with Crippen molar-refractivity contribution in [2.45, 2.75) is 26.2 Å². The lowest BCUT2D eigenvalue weighted by molar-refractivity contribution is -0.151. The quantitative estimate of drug-likeness (QED) is 0.790. The van der Waals surface area contributed by atoms with Crippen LogP contribution in [0.15, 0.2) is 30.3 Å². The average Bonchev–Trinajstić information content (AvgIpc) is 2.48. The second kappa shape index (κ2) is 7.08. The highest BCUT2D eigenvalue weighted by Gasteiger charge is 2.29. The van der Waals surface area contributed by atoms with Crippen molar-refractivity contribution in [3.8, 4) is 0 Å². The van der Waals surface area contributed by atoms with Crippen LogP contribution in [-0.2, 0) is 20.7 Å². The molecule has 1 amide bonds. The van der Waals surface area contributed by atoms with Gasteiger partial charge >= 0.3 is 5.97 Å². The van der Waals surface area contributed by atoms with Crippen LogP contribution in [0, 0.1) is 5.92 Å². The molecular weight excluding hydrogens is 254 g/mol. The second-order valence-electron chi connectivity index (χ2n) is 5.09. The van der Waals surface area contributed by atoms with Crippen LogP contribution in [0.2, 0.25) is 0 Å². The number of carbonyl (C=O) groups excluding carboxylic acids is 2. The molecule has 0 aromatic heterocycles. The molecule has 1 fully saturated rings. The van der Waals surface area contributed by atoms with Crippen molar-refractivity contribution in [3.63, 3.8) is 0 Å². The van der Waals surface area contributed by atoms with Crippen LogP contribution in [0.3, 0.4) is 0 Å². The molecule has 2 rings (SSSR count). The van der Waals surface area contributed by atoms with E-state index in [1.165, 1.54) is 0 Å². The summed E-state index contributed by atoms with van der Waals surface area (Å²) in [4.78, 5) is 25.8. The Kier molecular flexibility index (Phi) is 5.16. The Morgan fingerprint density at radius 1 is 1.30 bits per heavy atom. The van der Waals surface area contributed by atoms with Gasteiger partial charge in [0.05, 0.1) is 18.9 Å². The molecule has 0 saturated carbocycles. The summed E-state index contributed by atoms with van der Waals surface area (Å²) in [6, 6.07) is 9.70. The fourth-order valence-corrected chi connectivity index (χ4v) is 2.54. The van der Waals surface area contributed by atoms with Gasteiger partial charge in [-0.1, -0.05) is 30.3 Å². The van der Waals surface area contributed by atoms with E-state index in [0.29, 0.717) is 19.6 Å². The minimum Gasteiger partial charge on any atom is -0.466 e. The number of carbonyl (C=O) groups is 2.